The maximum atomic E-state index is 11.2. The van der Waals surface area contributed by atoms with Crippen molar-refractivity contribution in [3.05, 3.63) is 96.1 Å². The predicted molar refractivity (Wildman–Crippen MR) is 158 cm³/mol. The van der Waals surface area contributed by atoms with Gasteiger partial charge in [-0.05, 0) is 40.9 Å². The summed E-state index contributed by atoms with van der Waals surface area (Å²) in [5, 5.41) is 22.8. The van der Waals surface area contributed by atoms with Crippen molar-refractivity contribution < 1.29 is 28.5 Å². The Balaban J connectivity index is 1.42. The van der Waals surface area contributed by atoms with Crippen molar-refractivity contribution in [1.29, 1.82) is 5.26 Å². The molecule has 2 aliphatic rings. The molecule has 3 aromatic carbocycles. The molecule has 5 atom stereocenters. The normalized spacial score (nSPS) is 25.8. The highest BCUT2D eigenvalue weighted by Crippen LogP contribution is 2.41. The van der Waals surface area contributed by atoms with Crippen LogP contribution in [0.25, 0.3) is 0 Å². The maximum Gasteiger partial charge on any atom is 0.261 e. The molecule has 0 radical (unpaired) electrons. The van der Waals surface area contributed by atoms with Crippen LogP contribution in [0, 0.1) is 11.3 Å². The molecule has 3 aromatic rings. The Hall–Kier alpha value is -2.87. The Morgan fingerprint density at radius 1 is 0.878 bits per heavy atom. The van der Waals surface area contributed by atoms with E-state index in [2.05, 4.69) is 75.4 Å². The van der Waals surface area contributed by atoms with E-state index in [0.717, 1.165) is 15.9 Å². The second-order valence-electron chi connectivity index (χ2n) is 12.1. The molecule has 2 heterocycles. The number of ether oxygens (including phenoxy) is 4. The van der Waals surface area contributed by atoms with Gasteiger partial charge in [-0.15, -0.1) is 0 Å². The molecule has 2 saturated heterocycles. The van der Waals surface area contributed by atoms with Crippen molar-refractivity contribution in [3.8, 4) is 6.07 Å². The standard InChI is InChI=1S/C33H39NO6Si/c1-32(2,3)41(25-16-8-6-9-17-25,26-18-10-7-11-19-26)37-22-27-28-29(40-33(4,5)39-28)30(31(35)38-27)36-21-24-15-13-12-14-23(24)20-34/h6-19,27-31,35H,21-22H2,1-5H3/t27-,28+,29+,30-,31?/m1/s1. The van der Waals surface area contributed by atoms with E-state index < -0.39 is 44.8 Å². The fourth-order valence-corrected chi connectivity index (χ4v) is 10.6. The van der Waals surface area contributed by atoms with Crippen LogP contribution in [-0.2, 0) is 30.0 Å². The summed E-state index contributed by atoms with van der Waals surface area (Å²) in [5.41, 5.74) is 1.25. The van der Waals surface area contributed by atoms with Gasteiger partial charge in [-0.2, -0.15) is 5.26 Å². The lowest BCUT2D eigenvalue weighted by Crippen LogP contribution is -2.68. The lowest BCUT2D eigenvalue weighted by Gasteiger charge is -2.45. The molecule has 0 aromatic heterocycles. The van der Waals surface area contributed by atoms with Crippen LogP contribution in [0.2, 0.25) is 5.04 Å². The second kappa shape index (κ2) is 11.8. The fourth-order valence-electron chi connectivity index (χ4n) is 6.08. The van der Waals surface area contributed by atoms with Gasteiger partial charge in [-0.3, -0.25) is 0 Å². The molecule has 0 spiro atoms. The zero-order chi connectivity index (χ0) is 29.3. The number of aliphatic hydroxyl groups is 1. The number of nitrogens with zero attached hydrogens (tertiary/aromatic N) is 1. The molecular weight excluding hydrogens is 534 g/mol. The third-order valence-corrected chi connectivity index (χ3v) is 12.9. The van der Waals surface area contributed by atoms with Crippen molar-refractivity contribution >= 4 is 18.7 Å². The molecular formula is C33H39NO6Si. The third-order valence-electron chi connectivity index (χ3n) is 7.90. The summed E-state index contributed by atoms with van der Waals surface area (Å²) in [4.78, 5) is 0. The van der Waals surface area contributed by atoms with Crippen molar-refractivity contribution in [3.63, 3.8) is 0 Å². The Labute approximate surface area is 243 Å². The van der Waals surface area contributed by atoms with Crippen LogP contribution < -0.4 is 10.4 Å². The number of nitriles is 1. The first-order valence-corrected chi connectivity index (χ1v) is 16.0. The van der Waals surface area contributed by atoms with Crippen LogP contribution >= 0.6 is 0 Å². The minimum atomic E-state index is -2.84. The quantitative estimate of drug-likeness (QED) is 0.403. The average Bonchev–Trinajstić information content (AvgIpc) is 3.28. The van der Waals surface area contributed by atoms with E-state index in [9.17, 15) is 10.4 Å². The summed E-state index contributed by atoms with van der Waals surface area (Å²) >= 11 is 0. The largest absolute Gasteiger partial charge is 0.405 e. The van der Waals surface area contributed by atoms with E-state index in [1.807, 2.05) is 44.2 Å². The van der Waals surface area contributed by atoms with Gasteiger partial charge in [-0.25, -0.2) is 0 Å². The molecule has 1 N–H and O–H groups in total. The molecule has 5 rings (SSSR count). The van der Waals surface area contributed by atoms with Crippen LogP contribution in [0.4, 0.5) is 0 Å². The summed E-state index contributed by atoms with van der Waals surface area (Å²) in [5.74, 6) is -0.898. The highest BCUT2D eigenvalue weighted by molar-refractivity contribution is 6.99. The number of rotatable bonds is 8. The Kier molecular flexibility index (Phi) is 8.51. The van der Waals surface area contributed by atoms with Gasteiger partial charge in [0.15, 0.2) is 12.1 Å². The summed E-state index contributed by atoms with van der Waals surface area (Å²) < 4.78 is 32.1. The van der Waals surface area contributed by atoms with Gasteiger partial charge in [-0.1, -0.05) is 99.6 Å². The number of hydrogen-bond donors (Lipinski definition) is 1. The molecule has 216 valence electrons. The van der Waals surface area contributed by atoms with E-state index in [1.54, 1.807) is 6.07 Å². The minimum absolute atomic E-state index is 0.130. The molecule has 0 bridgehead atoms. The Morgan fingerprint density at radius 2 is 1.44 bits per heavy atom. The second-order valence-corrected chi connectivity index (χ2v) is 16.5. The number of fused-ring (bicyclic) bond motifs is 1. The van der Waals surface area contributed by atoms with Crippen molar-refractivity contribution in [2.45, 2.75) is 82.8 Å². The van der Waals surface area contributed by atoms with E-state index >= 15 is 0 Å². The Morgan fingerprint density at radius 3 is 2.02 bits per heavy atom. The summed E-state index contributed by atoms with van der Waals surface area (Å²) in [6.45, 7) is 10.7. The molecule has 0 saturated carbocycles. The molecule has 41 heavy (non-hydrogen) atoms. The number of benzene rings is 3. The van der Waals surface area contributed by atoms with Crippen LogP contribution in [0.5, 0.6) is 0 Å². The van der Waals surface area contributed by atoms with Crippen molar-refractivity contribution in [2.75, 3.05) is 6.61 Å². The SMILES string of the molecule is CC1(C)O[C@@H]2[C@H](O1)[C@@H](OCc1ccccc1C#N)C(O)O[C@@H]2CO[Si](c1ccccc1)(c1ccccc1)C(C)(C)C. The van der Waals surface area contributed by atoms with Crippen LogP contribution in [0.1, 0.15) is 45.7 Å². The summed E-state index contributed by atoms with van der Waals surface area (Å²) in [7, 11) is -2.84. The van der Waals surface area contributed by atoms with E-state index in [0.29, 0.717) is 5.56 Å². The van der Waals surface area contributed by atoms with E-state index in [1.165, 1.54) is 0 Å². The van der Waals surface area contributed by atoms with Gasteiger partial charge >= 0.3 is 0 Å². The highest BCUT2D eigenvalue weighted by atomic mass is 28.4. The first kappa shape index (κ1) is 29.6. The van der Waals surface area contributed by atoms with Crippen LogP contribution in [0.15, 0.2) is 84.9 Å². The monoisotopic (exact) mass is 573 g/mol. The zero-order valence-corrected chi connectivity index (χ0v) is 25.3. The van der Waals surface area contributed by atoms with Crippen molar-refractivity contribution in [2.24, 2.45) is 0 Å². The fraction of sp³-hybridized carbons (Fsp3) is 0.424. The van der Waals surface area contributed by atoms with Gasteiger partial charge in [0.05, 0.1) is 24.8 Å². The van der Waals surface area contributed by atoms with Gasteiger partial charge < -0.3 is 28.5 Å². The van der Waals surface area contributed by atoms with Crippen molar-refractivity contribution in [1.82, 2.24) is 0 Å². The molecule has 0 amide bonds. The van der Waals surface area contributed by atoms with Crippen LogP contribution in [0.3, 0.4) is 0 Å². The van der Waals surface area contributed by atoms with Gasteiger partial charge in [0.2, 0.25) is 0 Å². The topological polar surface area (TPSA) is 90.2 Å². The highest BCUT2D eigenvalue weighted by Gasteiger charge is 2.57. The lowest BCUT2D eigenvalue weighted by molar-refractivity contribution is -0.277. The molecule has 0 aliphatic carbocycles. The minimum Gasteiger partial charge on any atom is -0.405 e. The van der Waals surface area contributed by atoms with Crippen LogP contribution in [-0.4, -0.2) is 56.5 Å². The van der Waals surface area contributed by atoms with E-state index in [-0.39, 0.29) is 18.3 Å². The Bertz CT molecular complexity index is 1310. The zero-order valence-electron chi connectivity index (χ0n) is 24.3. The number of aliphatic hydroxyl groups excluding tert-OH is 1. The maximum absolute atomic E-state index is 11.2. The lowest BCUT2D eigenvalue weighted by atomic mass is 9.99. The smallest absolute Gasteiger partial charge is 0.261 e. The third kappa shape index (κ3) is 5.90. The van der Waals surface area contributed by atoms with Gasteiger partial charge in [0, 0.05) is 0 Å². The first-order valence-electron chi connectivity index (χ1n) is 14.1. The first-order chi connectivity index (χ1) is 19.6. The van der Waals surface area contributed by atoms with E-state index in [4.69, 9.17) is 23.4 Å². The summed E-state index contributed by atoms with van der Waals surface area (Å²) in [6, 6.07) is 30.2. The van der Waals surface area contributed by atoms with Gasteiger partial charge in [0.1, 0.15) is 24.4 Å². The molecule has 7 nitrogen and oxygen atoms in total. The molecule has 2 aliphatic heterocycles. The summed E-state index contributed by atoms with van der Waals surface area (Å²) in [6.07, 6.45) is -3.78. The number of hydrogen-bond acceptors (Lipinski definition) is 7. The average molecular weight is 574 g/mol. The molecule has 1 unspecified atom stereocenters. The molecule has 8 heteroatoms. The molecule has 2 fully saturated rings. The van der Waals surface area contributed by atoms with Gasteiger partial charge in [0.25, 0.3) is 8.32 Å². The predicted octanol–water partition coefficient (Wildman–Crippen LogP) is 4.26.